The maximum atomic E-state index is 10.4. The molecule has 4 bridgehead atoms. The third-order valence-electron chi connectivity index (χ3n) is 8.03. The average Bonchev–Trinajstić information content (AvgIpc) is 2.81. The summed E-state index contributed by atoms with van der Waals surface area (Å²) in [6.07, 6.45) is 7.94. The molecular formula is C27H33NO4. The SMILES string of the molecule is OC(CNc1ccc2c(c1)OCCO2)COc1ccc(C23CC4CC(CC(C4)C2)C3)cc1. The Labute approximate surface area is 190 Å². The Balaban J connectivity index is 1.02. The molecule has 170 valence electrons. The number of aliphatic hydroxyl groups excluding tert-OH is 1. The second kappa shape index (κ2) is 8.18. The first-order valence-corrected chi connectivity index (χ1v) is 12.2. The van der Waals surface area contributed by atoms with Crippen molar-refractivity contribution >= 4 is 5.69 Å². The number of hydrogen-bond acceptors (Lipinski definition) is 5. The summed E-state index contributed by atoms with van der Waals surface area (Å²) < 4.78 is 17.0. The molecule has 4 saturated carbocycles. The largest absolute Gasteiger partial charge is 0.491 e. The number of rotatable bonds is 7. The van der Waals surface area contributed by atoms with E-state index in [0.717, 1.165) is 40.7 Å². The van der Waals surface area contributed by atoms with Crippen LogP contribution in [0.3, 0.4) is 0 Å². The lowest BCUT2D eigenvalue weighted by Gasteiger charge is -2.57. The summed E-state index contributed by atoms with van der Waals surface area (Å²) in [6, 6.07) is 14.5. The molecule has 2 aromatic rings. The van der Waals surface area contributed by atoms with Crippen LogP contribution in [0.5, 0.6) is 17.2 Å². The molecule has 2 aromatic carbocycles. The number of ether oxygens (including phenoxy) is 3. The molecule has 5 heteroatoms. The third-order valence-corrected chi connectivity index (χ3v) is 8.03. The first-order valence-electron chi connectivity index (χ1n) is 12.2. The highest BCUT2D eigenvalue weighted by molar-refractivity contribution is 5.55. The van der Waals surface area contributed by atoms with Gasteiger partial charge in [0.25, 0.3) is 0 Å². The van der Waals surface area contributed by atoms with Crippen molar-refractivity contribution in [3.8, 4) is 17.2 Å². The lowest BCUT2D eigenvalue weighted by Crippen LogP contribution is -2.48. The number of aliphatic hydroxyl groups is 1. The molecule has 4 fully saturated rings. The van der Waals surface area contributed by atoms with Crippen molar-refractivity contribution in [3.05, 3.63) is 48.0 Å². The molecule has 1 unspecified atom stereocenters. The van der Waals surface area contributed by atoms with E-state index in [0.29, 0.717) is 25.2 Å². The first-order chi connectivity index (χ1) is 15.6. The lowest BCUT2D eigenvalue weighted by atomic mass is 9.48. The number of nitrogens with one attached hydrogen (secondary N) is 1. The van der Waals surface area contributed by atoms with Crippen molar-refractivity contribution < 1.29 is 19.3 Å². The summed E-state index contributed by atoms with van der Waals surface area (Å²) in [5.41, 5.74) is 2.82. The first kappa shape index (κ1) is 20.2. The minimum Gasteiger partial charge on any atom is -0.491 e. The fourth-order valence-corrected chi connectivity index (χ4v) is 7.01. The van der Waals surface area contributed by atoms with Crippen molar-refractivity contribution in [2.24, 2.45) is 17.8 Å². The highest BCUT2D eigenvalue weighted by atomic mass is 16.6. The molecule has 5 nitrogen and oxygen atoms in total. The highest BCUT2D eigenvalue weighted by Crippen LogP contribution is 2.60. The molecule has 0 radical (unpaired) electrons. The van der Waals surface area contributed by atoms with Crippen LogP contribution in [0, 0.1) is 17.8 Å². The number of benzene rings is 2. The predicted octanol–water partition coefficient (Wildman–Crippen LogP) is 4.78. The van der Waals surface area contributed by atoms with E-state index >= 15 is 0 Å². The lowest BCUT2D eigenvalue weighted by molar-refractivity contribution is -0.00521. The summed E-state index contributed by atoms with van der Waals surface area (Å²) in [5.74, 6) is 5.20. The van der Waals surface area contributed by atoms with Crippen LogP contribution in [0.25, 0.3) is 0 Å². The molecule has 7 rings (SSSR count). The van der Waals surface area contributed by atoms with E-state index in [1.807, 2.05) is 18.2 Å². The van der Waals surface area contributed by atoms with Gasteiger partial charge in [0.15, 0.2) is 11.5 Å². The van der Waals surface area contributed by atoms with Crippen LogP contribution in [-0.2, 0) is 5.41 Å². The van der Waals surface area contributed by atoms with Crippen LogP contribution in [0.15, 0.2) is 42.5 Å². The van der Waals surface area contributed by atoms with Gasteiger partial charge in [-0.1, -0.05) is 12.1 Å². The van der Waals surface area contributed by atoms with Crippen LogP contribution in [0.1, 0.15) is 44.1 Å². The third kappa shape index (κ3) is 3.92. The zero-order valence-electron chi connectivity index (χ0n) is 18.6. The Kier molecular flexibility index (Phi) is 5.17. The Hall–Kier alpha value is -2.40. The smallest absolute Gasteiger partial charge is 0.163 e. The van der Waals surface area contributed by atoms with E-state index in [-0.39, 0.29) is 6.61 Å². The van der Waals surface area contributed by atoms with Crippen LogP contribution in [-0.4, -0.2) is 37.6 Å². The maximum absolute atomic E-state index is 10.4. The van der Waals surface area contributed by atoms with Gasteiger partial charge in [0.1, 0.15) is 31.7 Å². The molecule has 0 saturated heterocycles. The van der Waals surface area contributed by atoms with Gasteiger partial charge < -0.3 is 24.6 Å². The Bertz CT molecular complexity index is 921. The van der Waals surface area contributed by atoms with Crippen molar-refractivity contribution in [2.75, 3.05) is 31.7 Å². The van der Waals surface area contributed by atoms with E-state index in [1.54, 1.807) is 0 Å². The fourth-order valence-electron chi connectivity index (χ4n) is 7.01. The van der Waals surface area contributed by atoms with Gasteiger partial charge >= 0.3 is 0 Å². The van der Waals surface area contributed by atoms with E-state index < -0.39 is 6.10 Å². The van der Waals surface area contributed by atoms with Gasteiger partial charge in [-0.05, 0) is 91.5 Å². The molecule has 0 amide bonds. The standard InChI is InChI=1S/C27H33NO4/c29-23(16-28-22-3-6-25-26(12-22)31-8-7-30-25)17-32-24-4-1-21(2-5-24)27-13-18-9-19(14-27)11-20(10-18)15-27/h1-6,12,18-20,23,28-29H,7-11,13-17H2. The second-order valence-electron chi connectivity index (χ2n) is 10.4. The topological polar surface area (TPSA) is 60.0 Å². The molecular weight excluding hydrogens is 402 g/mol. The maximum Gasteiger partial charge on any atom is 0.163 e. The quantitative estimate of drug-likeness (QED) is 0.656. The van der Waals surface area contributed by atoms with Gasteiger partial charge in [-0.3, -0.25) is 0 Å². The average molecular weight is 436 g/mol. The van der Waals surface area contributed by atoms with Crippen molar-refractivity contribution in [1.82, 2.24) is 0 Å². The van der Waals surface area contributed by atoms with Crippen LogP contribution < -0.4 is 19.5 Å². The van der Waals surface area contributed by atoms with Crippen molar-refractivity contribution in [3.63, 3.8) is 0 Å². The highest BCUT2D eigenvalue weighted by Gasteiger charge is 2.51. The van der Waals surface area contributed by atoms with Crippen molar-refractivity contribution in [1.29, 1.82) is 0 Å². The second-order valence-corrected chi connectivity index (χ2v) is 10.4. The Morgan fingerprint density at radius 2 is 1.56 bits per heavy atom. The summed E-state index contributed by atoms with van der Waals surface area (Å²) in [6.45, 7) is 1.81. The van der Waals surface area contributed by atoms with E-state index in [4.69, 9.17) is 14.2 Å². The predicted molar refractivity (Wildman–Crippen MR) is 124 cm³/mol. The normalized spacial score (nSPS) is 30.7. The number of hydrogen-bond donors (Lipinski definition) is 2. The molecule has 1 aliphatic heterocycles. The van der Waals surface area contributed by atoms with E-state index in [2.05, 4.69) is 29.6 Å². The molecule has 4 aliphatic carbocycles. The number of anilines is 1. The summed E-state index contributed by atoms with van der Waals surface area (Å²) in [7, 11) is 0. The minimum absolute atomic E-state index is 0.258. The van der Waals surface area contributed by atoms with Gasteiger partial charge in [0.05, 0.1) is 0 Å². The Morgan fingerprint density at radius 3 is 2.25 bits per heavy atom. The molecule has 1 atom stereocenters. The fraction of sp³-hybridized carbons (Fsp3) is 0.556. The summed E-state index contributed by atoms with van der Waals surface area (Å²) >= 11 is 0. The summed E-state index contributed by atoms with van der Waals surface area (Å²) in [5, 5.41) is 13.6. The molecule has 5 aliphatic rings. The Morgan fingerprint density at radius 1 is 0.906 bits per heavy atom. The van der Waals surface area contributed by atoms with Gasteiger partial charge in [0, 0.05) is 18.3 Å². The van der Waals surface area contributed by atoms with Gasteiger partial charge in [0.2, 0.25) is 0 Å². The monoisotopic (exact) mass is 435 g/mol. The van der Waals surface area contributed by atoms with E-state index in [9.17, 15) is 5.11 Å². The number of fused-ring (bicyclic) bond motifs is 1. The summed E-state index contributed by atoms with van der Waals surface area (Å²) in [4.78, 5) is 0. The molecule has 2 N–H and O–H groups in total. The van der Waals surface area contributed by atoms with Gasteiger partial charge in [-0.2, -0.15) is 0 Å². The van der Waals surface area contributed by atoms with Crippen LogP contribution >= 0.6 is 0 Å². The zero-order valence-corrected chi connectivity index (χ0v) is 18.6. The van der Waals surface area contributed by atoms with E-state index in [1.165, 1.54) is 44.1 Å². The zero-order chi connectivity index (χ0) is 21.5. The minimum atomic E-state index is -0.606. The van der Waals surface area contributed by atoms with Crippen LogP contribution in [0.4, 0.5) is 5.69 Å². The molecule has 0 aromatic heterocycles. The van der Waals surface area contributed by atoms with Gasteiger partial charge in [-0.15, -0.1) is 0 Å². The van der Waals surface area contributed by atoms with Gasteiger partial charge in [-0.25, -0.2) is 0 Å². The molecule has 32 heavy (non-hydrogen) atoms. The van der Waals surface area contributed by atoms with Crippen molar-refractivity contribution in [2.45, 2.75) is 50.0 Å². The molecule has 0 spiro atoms. The van der Waals surface area contributed by atoms with Crippen LogP contribution in [0.2, 0.25) is 0 Å². The molecule has 1 heterocycles.